The Labute approximate surface area is 112 Å². The summed E-state index contributed by atoms with van der Waals surface area (Å²) in [5.41, 5.74) is 0.528. The lowest BCUT2D eigenvalue weighted by Crippen LogP contribution is -2.46. The molecule has 1 heterocycles. The van der Waals surface area contributed by atoms with Crippen LogP contribution < -0.4 is 5.32 Å². The summed E-state index contributed by atoms with van der Waals surface area (Å²) >= 11 is 0. The van der Waals surface area contributed by atoms with E-state index in [-0.39, 0.29) is 0 Å². The quantitative estimate of drug-likeness (QED) is 0.835. The first kappa shape index (κ1) is 14.3. The predicted molar refractivity (Wildman–Crippen MR) is 75.8 cm³/mol. The molecule has 0 radical (unpaired) electrons. The highest BCUT2D eigenvalue weighted by atomic mass is 16.5. The Morgan fingerprint density at radius 1 is 1.28 bits per heavy atom. The molecule has 0 aromatic rings. The largest absolute Gasteiger partial charge is 0.380 e. The van der Waals surface area contributed by atoms with E-state index in [4.69, 9.17) is 4.74 Å². The second-order valence-corrected chi connectivity index (χ2v) is 6.83. The lowest BCUT2D eigenvalue weighted by molar-refractivity contribution is 0.0971. The fourth-order valence-corrected chi connectivity index (χ4v) is 3.62. The zero-order valence-electron chi connectivity index (χ0n) is 12.4. The molecule has 1 aliphatic heterocycles. The van der Waals surface area contributed by atoms with Gasteiger partial charge in [-0.05, 0) is 44.1 Å². The third-order valence-electron chi connectivity index (χ3n) is 4.69. The molecular weight excluding hydrogens is 224 g/mol. The normalized spacial score (nSPS) is 34.2. The molecule has 0 bridgehead atoms. The molecular formula is C15H30N2O. The molecule has 2 atom stereocenters. The summed E-state index contributed by atoms with van der Waals surface area (Å²) in [6.07, 6.45) is 5.24. The summed E-state index contributed by atoms with van der Waals surface area (Å²) in [4.78, 5) is 2.61. The van der Waals surface area contributed by atoms with Crippen molar-refractivity contribution in [2.75, 3.05) is 39.9 Å². The van der Waals surface area contributed by atoms with Crippen LogP contribution in [-0.4, -0.2) is 50.8 Å². The molecule has 3 nitrogen and oxygen atoms in total. The van der Waals surface area contributed by atoms with E-state index >= 15 is 0 Å². The van der Waals surface area contributed by atoms with E-state index in [2.05, 4.69) is 31.1 Å². The van der Waals surface area contributed by atoms with Gasteiger partial charge in [0.15, 0.2) is 0 Å². The first-order valence-corrected chi connectivity index (χ1v) is 7.58. The molecule has 0 amide bonds. The zero-order chi connectivity index (χ0) is 13.0. The second-order valence-electron chi connectivity index (χ2n) is 6.83. The van der Waals surface area contributed by atoms with Crippen molar-refractivity contribution in [3.8, 4) is 0 Å². The smallest absolute Gasteiger partial charge is 0.0593 e. The van der Waals surface area contributed by atoms with E-state index in [0.29, 0.717) is 11.5 Å². The SMILES string of the molecule is CNC1CCC(C)(C)CC1CN1CCCOCC1. The van der Waals surface area contributed by atoms with Gasteiger partial charge in [0.2, 0.25) is 0 Å². The van der Waals surface area contributed by atoms with Crippen LogP contribution in [0, 0.1) is 11.3 Å². The third kappa shape index (κ3) is 3.94. The topological polar surface area (TPSA) is 24.5 Å². The minimum atomic E-state index is 0.528. The lowest BCUT2D eigenvalue weighted by Gasteiger charge is -2.42. The summed E-state index contributed by atoms with van der Waals surface area (Å²) in [5.74, 6) is 0.803. The van der Waals surface area contributed by atoms with Crippen molar-refractivity contribution in [2.45, 2.75) is 45.6 Å². The van der Waals surface area contributed by atoms with E-state index in [1.807, 2.05) is 0 Å². The Hall–Kier alpha value is -0.120. The molecule has 1 saturated carbocycles. The van der Waals surface area contributed by atoms with E-state index < -0.39 is 0 Å². The summed E-state index contributed by atoms with van der Waals surface area (Å²) in [5, 5.41) is 3.54. The number of hydrogen-bond donors (Lipinski definition) is 1. The van der Waals surface area contributed by atoms with E-state index in [0.717, 1.165) is 25.7 Å². The van der Waals surface area contributed by atoms with Crippen molar-refractivity contribution in [2.24, 2.45) is 11.3 Å². The number of ether oxygens (including phenoxy) is 1. The average molecular weight is 254 g/mol. The van der Waals surface area contributed by atoms with Gasteiger partial charge in [0, 0.05) is 32.3 Å². The van der Waals surface area contributed by atoms with Crippen molar-refractivity contribution in [3.05, 3.63) is 0 Å². The van der Waals surface area contributed by atoms with E-state index in [9.17, 15) is 0 Å². The van der Waals surface area contributed by atoms with Crippen LogP contribution in [0.3, 0.4) is 0 Å². The van der Waals surface area contributed by atoms with Gasteiger partial charge in [0.05, 0.1) is 6.61 Å². The Morgan fingerprint density at radius 3 is 2.89 bits per heavy atom. The fourth-order valence-electron chi connectivity index (χ4n) is 3.62. The van der Waals surface area contributed by atoms with Gasteiger partial charge < -0.3 is 15.0 Å². The lowest BCUT2D eigenvalue weighted by atomic mass is 9.69. The van der Waals surface area contributed by atoms with Crippen LogP contribution in [0.1, 0.15) is 39.5 Å². The van der Waals surface area contributed by atoms with E-state index in [1.165, 1.54) is 38.8 Å². The first-order valence-electron chi connectivity index (χ1n) is 7.58. The molecule has 3 heteroatoms. The van der Waals surface area contributed by atoms with Gasteiger partial charge in [-0.3, -0.25) is 0 Å². The number of nitrogens with one attached hydrogen (secondary N) is 1. The van der Waals surface area contributed by atoms with Gasteiger partial charge in [-0.15, -0.1) is 0 Å². The van der Waals surface area contributed by atoms with Gasteiger partial charge in [-0.2, -0.15) is 0 Å². The zero-order valence-corrected chi connectivity index (χ0v) is 12.4. The molecule has 2 fully saturated rings. The summed E-state index contributed by atoms with van der Waals surface area (Å²) in [6, 6.07) is 0.710. The molecule has 2 rings (SSSR count). The molecule has 106 valence electrons. The van der Waals surface area contributed by atoms with E-state index in [1.54, 1.807) is 0 Å². The number of hydrogen-bond acceptors (Lipinski definition) is 3. The van der Waals surface area contributed by atoms with Crippen molar-refractivity contribution < 1.29 is 4.74 Å². The summed E-state index contributed by atoms with van der Waals surface area (Å²) in [7, 11) is 2.13. The minimum absolute atomic E-state index is 0.528. The monoisotopic (exact) mass is 254 g/mol. The van der Waals surface area contributed by atoms with Crippen LogP contribution in [0.25, 0.3) is 0 Å². The molecule has 0 aromatic carbocycles. The number of nitrogens with zero attached hydrogens (tertiary/aromatic N) is 1. The third-order valence-corrected chi connectivity index (χ3v) is 4.69. The Balaban J connectivity index is 1.91. The van der Waals surface area contributed by atoms with Crippen LogP contribution >= 0.6 is 0 Å². The standard InChI is InChI=1S/C15H30N2O/c1-15(2)6-5-14(16-3)13(11-15)12-17-7-4-9-18-10-8-17/h13-14,16H,4-12H2,1-3H3. The molecule has 2 aliphatic rings. The van der Waals surface area contributed by atoms with Crippen molar-refractivity contribution >= 4 is 0 Å². The molecule has 0 aromatic heterocycles. The first-order chi connectivity index (χ1) is 8.61. The maximum Gasteiger partial charge on any atom is 0.0593 e. The highest BCUT2D eigenvalue weighted by Gasteiger charge is 2.34. The molecule has 1 N–H and O–H groups in total. The van der Waals surface area contributed by atoms with Crippen LogP contribution in [0.4, 0.5) is 0 Å². The average Bonchev–Trinajstić information content (AvgIpc) is 2.57. The summed E-state index contributed by atoms with van der Waals surface area (Å²) in [6.45, 7) is 10.3. The van der Waals surface area contributed by atoms with Gasteiger partial charge in [0.1, 0.15) is 0 Å². The molecule has 1 aliphatic carbocycles. The van der Waals surface area contributed by atoms with Crippen molar-refractivity contribution in [3.63, 3.8) is 0 Å². The fraction of sp³-hybridized carbons (Fsp3) is 1.00. The highest BCUT2D eigenvalue weighted by Crippen LogP contribution is 2.39. The van der Waals surface area contributed by atoms with Gasteiger partial charge in [0.25, 0.3) is 0 Å². The van der Waals surface area contributed by atoms with Crippen LogP contribution in [-0.2, 0) is 4.74 Å². The Morgan fingerprint density at radius 2 is 2.11 bits per heavy atom. The Kier molecular flexibility index (Phi) is 5.05. The van der Waals surface area contributed by atoms with Crippen molar-refractivity contribution in [1.82, 2.24) is 10.2 Å². The van der Waals surface area contributed by atoms with Crippen LogP contribution in [0.15, 0.2) is 0 Å². The van der Waals surface area contributed by atoms with Crippen LogP contribution in [0.2, 0.25) is 0 Å². The van der Waals surface area contributed by atoms with Crippen LogP contribution in [0.5, 0.6) is 0 Å². The van der Waals surface area contributed by atoms with Gasteiger partial charge in [-0.25, -0.2) is 0 Å². The predicted octanol–water partition coefficient (Wildman–Crippen LogP) is 2.12. The molecule has 1 saturated heterocycles. The molecule has 0 spiro atoms. The minimum Gasteiger partial charge on any atom is -0.380 e. The van der Waals surface area contributed by atoms with Gasteiger partial charge in [-0.1, -0.05) is 13.8 Å². The summed E-state index contributed by atoms with van der Waals surface area (Å²) < 4.78 is 5.55. The molecule has 18 heavy (non-hydrogen) atoms. The highest BCUT2D eigenvalue weighted by molar-refractivity contribution is 4.89. The van der Waals surface area contributed by atoms with Crippen molar-refractivity contribution in [1.29, 1.82) is 0 Å². The molecule has 2 unspecified atom stereocenters. The Bertz CT molecular complexity index is 247. The number of rotatable bonds is 3. The maximum absolute atomic E-state index is 5.55. The maximum atomic E-state index is 5.55. The second kappa shape index (κ2) is 6.36. The van der Waals surface area contributed by atoms with Gasteiger partial charge >= 0.3 is 0 Å².